The zero-order valence-corrected chi connectivity index (χ0v) is 21.1. The molecule has 1 fully saturated rings. The third-order valence-electron chi connectivity index (χ3n) is 6.41. The van der Waals surface area contributed by atoms with Gasteiger partial charge >= 0.3 is 0 Å². The topological polar surface area (TPSA) is 93.5 Å². The average Bonchev–Trinajstić information content (AvgIpc) is 3.00. The average molecular weight is 444 g/mol. The molecule has 1 heterocycles. The third kappa shape index (κ3) is 5.70. The summed E-state index contributed by atoms with van der Waals surface area (Å²) in [6, 6.07) is 3.24. The Hall–Kier alpha value is -2.37. The lowest BCUT2D eigenvalue weighted by molar-refractivity contribution is -0.125. The first-order valence-electron chi connectivity index (χ1n) is 11.8. The first-order chi connectivity index (χ1) is 14.7. The van der Waals surface area contributed by atoms with Gasteiger partial charge in [0.25, 0.3) is 0 Å². The summed E-state index contributed by atoms with van der Waals surface area (Å²) in [5, 5.41) is 22.4. The summed E-state index contributed by atoms with van der Waals surface area (Å²) in [5.41, 5.74) is 1.42. The molecule has 32 heavy (non-hydrogen) atoms. The molecule has 1 saturated heterocycles. The third-order valence-corrected chi connectivity index (χ3v) is 6.41. The summed E-state index contributed by atoms with van der Waals surface area (Å²) >= 11 is 0. The van der Waals surface area contributed by atoms with E-state index in [0.29, 0.717) is 24.4 Å². The van der Waals surface area contributed by atoms with Crippen LogP contribution in [-0.2, 0) is 15.6 Å². The first kappa shape index (κ1) is 25.9. The van der Waals surface area contributed by atoms with Crippen LogP contribution in [0.15, 0.2) is 12.1 Å². The second kappa shape index (κ2) is 9.63. The Morgan fingerprint density at radius 3 is 2.03 bits per heavy atom. The van der Waals surface area contributed by atoms with Gasteiger partial charge in [-0.2, -0.15) is 0 Å². The van der Waals surface area contributed by atoms with Crippen molar-refractivity contribution in [3.63, 3.8) is 0 Å². The summed E-state index contributed by atoms with van der Waals surface area (Å²) in [6.45, 7) is 16.8. The monoisotopic (exact) mass is 443 g/mol. The molecule has 1 aliphatic heterocycles. The van der Waals surface area contributed by atoms with E-state index >= 15 is 0 Å². The number of Topliss-reactive ketones (excluding diaryl/α,β-unsaturated/α-hetero) is 1. The smallest absolute Gasteiger partial charge is 0.223 e. The number of carbonyl (C=O) groups excluding carboxylic acids is 2. The Kier molecular flexibility index (Phi) is 7.79. The second-order valence-corrected chi connectivity index (χ2v) is 11.0. The minimum absolute atomic E-state index is 0.0129. The maximum Gasteiger partial charge on any atom is 0.223 e. The molecule has 0 aromatic heterocycles. The highest BCUT2D eigenvalue weighted by Gasteiger charge is 2.33. The number of benzene rings is 1. The molecular weight excluding hydrogens is 402 g/mol. The molecule has 0 aliphatic carbocycles. The molecule has 178 valence electrons. The van der Waals surface area contributed by atoms with Crippen molar-refractivity contribution in [2.24, 2.45) is 5.92 Å². The van der Waals surface area contributed by atoms with E-state index in [9.17, 15) is 14.7 Å². The van der Waals surface area contributed by atoms with Crippen molar-refractivity contribution in [3.05, 3.63) is 28.8 Å². The minimum atomic E-state index is -0.342. The molecule has 1 aromatic rings. The van der Waals surface area contributed by atoms with Gasteiger partial charge in [0.05, 0.1) is 12.6 Å². The highest BCUT2D eigenvalue weighted by atomic mass is 16.3. The molecule has 2 rings (SSSR count). The van der Waals surface area contributed by atoms with E-state index in [2.05, 4.69) is 5.32 Å². The molecule has 3 N–H and O–H groups in total. The Bertz CT molecular complexity index is 838. The highest BCUT2D eigenvalue weighted by molar-refractivity contribution is 6.01. The molecule has 6 nitrogen and oxygen atoms in total. The van der Waals surface area contributed by atoms with Crippen LogP contribution in [0.3, 0.4) is 0 Å². The lowest BCUT2D eigenvalue weighted by Crippen LogP contribution is -2.44. The Labute approximate surface area is 193 Å². The van der Waals surface area contributed by atoms with Gasteiger partial charge in [-0.05, 0) is 42.2 Å². The normalized spacial score (nSPS) is 17.2. The summed E-state index contributed by atoms with van der Waals surface area (Å²) in [5.74, 6) is 0.407. The molecule has 0 saturated carbocycles. The maximum absolute atomic E-state index is 13.2. The fourth-order valence-corrected chi connectivity index (χ4v) is 4.22. The molecule has 1 unspecified atom stereocenters. The van der Waals surface area contributed by atoms with Gasteiger partial charge in [0, 0.05) is 29.2 Å². The van der Waals surface area contributed by atoms with E-state index in [1.54, 1.807) is 17.0 Å². The van der Waals surface area contributed by atoms with Crippen LogP contribution in [0.1, 0.15) is 96.1 Å². The number of aromatic hydroxyl groups is 1. The summed E-state index contributed by atoms with van der Waals surface area (Å²) < 4.78 is 0. The molecular formula is C26H41N3O3. The van der Waals surface area contributed by atoms with Crippen LogP contribution in [0, 0.1) is 11.3 Å². The van der Waals surface area contributed by atoms with Crippen molar-refractivity contribution in [2.75, 3.05) is 13.1 Å². The number of nitrogens with zero attached hydrogens (tertiary/aromatic N) is 1. The van der Waals surface area contributed by atoms with Gasteiger partial charge in [-0.25, -0.2) is 0 Å². The van der Waals surface area contributed by atoms with Gasteiger partial charge in [-0.15, -0.1) is 0 Å². The number of likely N-dealkylation sites (tertiary alicyclic amines) is 1. The number of phenols is 1. The zero-order chi connectivity index (χ0) is 24.4. The zero-order valence-electron chi connectivity index (χ0n) is 21.1. The quantitative estimate of drug-likeness (QED) is 0.529. The van der Waals surface area contributed by atoms with Crippen molar-refractivity contribution in [2.45, 2.75) is 91.5 Å². The molecule has 1 aromatic carbocycles. The first-order valence-corrected chi connectivity index (χ1v) is 11.8. The van der Waals surface area contributed by atoms with Crippen LogP contribution in [0.2, 0.25) is 0 Å². The number of nitrogens with one attached hydrogen (secondary N) is 2. The number of hydrogen-bond donors (Lipinski definition) is 3. The molecule has 0 spiro atoms. The van der Waals surface area contributed by atoms with Crippen molar-refractivity contribution in [1.82, 2.24) is 10.2 Å². The van der Waals surface area contributed by atoms with Crippen molar-refractivity contribution in [1.29, 1.82) is 5.41 Å². The molecule has 1 atom stereocenters. The number of amidine groups is 1. The number of ketones is 1. The molecule has 6 heteroatoms. The van der Waals surface area contributed by atoms with E-state index in [0.717, 1.165) is 24.0 Å². The summed E-state index contributed by atoms with van der Waals surface area (Å²) in [6.07, 6.45) is 2.18. The van der Waals surface area contributed by atoms with Crippen LogP contribution < -0.4 is 5.32 Å². The van der Waals surface area contributed by atoms with Crippen molar-refractivity contribution in [3.8, 4) is 5.75 Å². The Morgan fingerprint density at radius 2 is 1.59 bits per heavy atom. The highest BCUT2D eigenvalue weighted by Crippen LogP contribution is 2.40. The van der Waals surface area contributed by atoms with Crippen LogP contribution in [0.4, 0.5) is 0 Å². The number of hydrogen-bond acceptors (Lipinski definition) is 4. The molecule has 0 bridgehead atoms. The van der Waals surface area contributed by atoms with Gasteiger partial charge < -0.3 is 15.3 Å². The van der Waals surface area contributed by atoms with Gasteiger partial charge in [0.2, 0.25) is 5.91 Å². The van der Waals surface area contributed by atoms with E-state index in [1.165, 1.54) is 0 Å². The maximum atomic E-state index is 13.2. The molecule has 1 aliphatic rings. The lowest BCUT2D eigenvalue weighted by atomic mass is 9.78. The van der Waals surface area contributed by atoms with Crippen LogP contribution in [-0.4, -0.2) is 46.7 Å². The van der Waals surface area contributed by atoms with E-state index in [4.69, 9.17) is 5.41 Å². The van der Waals surface area contributed by atoms with Crippen molar-refractivity contribution < 1.29 is 14.7 Å². The SMILES string of the molecule is CCC(CC)C(=O)NC1CCN(CC(=O)c2cc(C(C)(C)C)c(O)c(C(C)(C)C)c2)C1=N. The van der Waals surface area contributed by atoms with Crippen LogP contribution >= 0.6 is 0 Å². The van der Waals surface area contributed by atoms with E-state index in [-0.39, 0.29) is 46.8 Å². The Balaban J connectivity index is 2.23. The predicted molar refractivity (Wildman–Crippen MR) is 130 cm³/mol. The van der Waals surface area contributed by atoms with Gasteiger partial charge in [0.1, 0.15) is 11.6 Å². The number of amides is 1. The number of rotatable bonds is 7. The van der Waals surface area contributed by atoms with Crippen LogP contribution in [0.5, 0.6) is 5.75 Å². The van der Waals surface area contributed by atoms with E-state index in [1.807, 2.05) is 55.4 Å². The minimum Gasteiger partial charge on any atom is -0.507 e. The van der Waals surface area contributed by atoms with E-state index < -0.39 is 0 Å². The summed E-state index contributed by atoms with van der Waals surface area (Å²) in [4.78, 5) is 27.4. The molecule has 1 amide bonds. The fraction of sp³-hybridized carbons (Fsp3) is 0.654. The molecule has 0 radical (unpaired) electrons. The Morgan fingerprint density at radius 1 is 1.09 bits per heavy atom. The van der Waals surface area contributed by atoms with Crippen molar-refractivity contribution >= 4 is 17.5 Å². The van der Waals surface area contributed by atoms with Gasteiger partial charge in [-0.1, -0.05) is 55.4 Å². The van der Waals surface area contributed by atoms with Gasteiger partial charge in [-0.3, -0.25) is 15.0 Å². The number of carbonyl (C=O) groups is 2. The second-order valence-electron chi connectivity index (χ2n) is 11.0. The predicted octanol–water partition coefficient (Wildman–Crippen LogP) is 4.77. The number of phenolic OH excluding ortho intramolecular Hbond substituents is 1. The van der Waals surface area contributed by atoms with Crippen LogP contribution in [0.25, 0.3) is 0 Å². The fourth-order valence-electron chi connectivity index (χ4n) is 4.22. The van der Waals surface area contributed by atoms with Gasteiger partial charge in [0.15, 0.2) is 5.78 Å². The largest absolute Gasteiger partial charge is 0.507 e. The summed E-state index contributed by atoms with van der Waals surface area (Å²) in [7, 11) is 0. The standard InChI is InChI=1S/C26H41N3O3/c1-9-16(10-2)24(32)28-20-11-12-29(23(20)27)15-21(30)17-13-18(25(3,4)5)22(31)19(14-17)26(6,7)8/h13-14,16,20,27,31H,9-12,15H2,1-8H3,(H,28,32). The lowest BCUT2D eigenvalue weighted by Gasteiger charge is -2.28.